The Kier molecular flexibility index (Phi) is 4.41. The topological polar surface area (TPSA) is 81.3 Å². The van der Waals surface area contributed by atoms with E-state index in [4.69, 9.17) is 21.1 Å². The third-order valence-corrected chi connectivity index (χ3v) is 4.65. The van der Waals surface area contributed by atoms with Gasteiger partial charge in [0.15, 0.2) is 5.82 Å². The molecule has 1 aliphatic heterocycles. The van der Waals surface area contributed by atoms with E-state index in [0.29, 0.717) is 23.1 Å². The van der Waals surface area contributed by atoms with E-state index in [1.54, 1.807) is 6.08 Å². The Morgan fingerprint density at radius 3 is 2.96 bits per heavy atom. The minimum Gasteiger partial charge on any atom is -0.493 e. The van der Waals surface area contributed by atoms with Gasteiger partial charge < -0.3 is 14.5 Å². The summed E-state index contributed by atoms with van der Waals surface area (Å²) in [4.78, 5) is 31.1. The van der Waals surface area contributed by atoms with Crippen LogP contribution in [0.15, 0.2) is 41.2 Å². The largest absolute Gasteiger partial charge is 0.493 e. The summed E-state index contributed by atoms with van der Waals surface area (Å²) in [6.07, 6.45) is 2.59. The Hall–Kier alpha value is -3.12. The van der Waals surface area contributed by atoms with Gasteiger partial charge in [-0.2, -0.15) is 0 Å². The second-order valence-corrected chi connectivity index (χ2v) is 6.50. The van der Waals surface area contributed by atoms with Crippen LogP contribution < -0.4 is 10.3 Å². The van der Waals surface area contributed by atoms with Crippen molar-refractivity contribution in [1.82, 2.24) is 9.97 Å². The van der Waals surface area contributed by atoms with Gasteiger partial charge in [-0.15, -0.1) is 0 Å². The number of rotatable bonds is 3. The maximum absolute atomic E-state index is 12.3. The van der Waals surface area contributed by atoms with Crippen molar-refractivity contribution in [2.75, 3.05) is 13.7 Å². The van der Waals surface area contributed by atoms with Gasteiger partial charge in [-0.3, -0.25) is 4.79 Å². The first kappa shape index (κ1) is 17.3. The summed E-state index contributed by atoms with van der Waals surface area (Å²) in [6.45, 7) is 0.679. The second-order valence-electron chi connectivity index (χ2n) is 6.10. The predicted molar refractivity (Wildman–Crippen MR) is 103 cm³/mol. The van der Waals surface area contributed by atoms with Crippen LogP contribution in [0.4, 0.5) is 0 Å². The Morgan fingerprint density at radius 1 is 1.30 bits per heavy atom. The van der Waals surface area contributed by atoms with Crippen molar-refractivity contribution in [2.24, 2.45) is 0 Å². The molecule has 0 radical (unpaired) electrons. The van der Waals surface area contributed by atoms with Gasteiger partial charge in [0.05, 0.1) is 35.2 Å². The van der Waals surface area contributed by atoms with E-state index in [2.05, 4.69) is 9.97 Å². The van der Waals surface area contributed by atoms with Gasteiger partial charge in [-0.25, -0.2) is 9.78 Å². The minimum atomic E-state index is -0.498. The number of H-pyrrole nitrogens is 1. The molecule has 0 atom stereocenters. The van der Waals surface area contributed by atoms with Crippen molar-refractivity contribution in [3.63, 3.8) is 0 Å². The van der Waals surface area contributed by atoms with Gasteiger partial charge in [-0.05, 0) is 47.5 Å². The lowest BCUT2D eigenvalue weighted by atomic mass is 10.1. The third-order valence-electron chi connectivity index (χ3n) is 4.36. The van der Waals surface area contributed by atoms with Crippen LogP contribution in [0.1, 0.15) is 27.3 Å². The summed E-state index contributed by atoms with van der Waals surface area (Å²) < 4.78 is 10.2. The lowest BCUT2D eigenvalue weighted by Crippen LogP contribution is -2.11. The molecule has 1 aliphatic rings. The SMILES string of the molecule is COC(=O)c1ccc2c(=O)[nH]c(/C(Cl)=C/c3ccc4c(c3)CCO4)nc2c1. The zero-order valence-corrected chi connectivity index (χ0v) is 15.2. The van der Waals surface area contributed by atoms with E-state index in [-0.39, 0.29) is 16.4 Å². The molecule has 136 valence electrons. The summed E-state index contributed by atoms with van der Waals surface area (Å²) in [6, 6.07) is 10.4. The van der Waals surface area contributed by atoms with E-state index < -0.39 is 5.97 Å². The number of benzene rings is 2. The summed E-state index contributed by atoms with van der Waals surface area (Å²) in [5.74, 6) is 0.617. The maximum atomic E-state index is 12.3. The van der Waals surface area contributed by atoms with Crippen molar-refractivity contribution >= 4 is 39.6 Å². The smallest absolute Gasteiger partial charge is 0.337 e. The molecule has 7 heteroatoms. The highest BCUT2D eigenvalue weighted by Gasteiger charge is 2.13. The molecule has 0 fully saturated rings. The van der Waals surface area contributed by atoms with Crippen LogP contribution in [0.25, 0.3) is 22.0 Å². The molecule has 1 N–H and O–H groups in total. The highest BCUT2D eigenvalue weighted by atomic mass is 35.5. The number of aromatic amines is 1. The number of carbonyl (C=O) groups is 1. The molecule has 27 heavy (non-hydrogen) atoms. The standard InChI is InChI=1S/C20H15ClN2O4/c1-26-20(25)13-3-4-14-16(10-13)22-18(23-19(14)24)15(21)9-11-2-5-17-12(8-11)6-7-27-17/h2-5,8-10H,6-7H2,1H3,(H,22,23,24)/b15-9-. The maximum Gasteiger partial charge on any atom is 0.337 e. The van der Waals surface area contributed by atoms with Crippen LogP contribution in [-0.2, 0) is 11.2 Å². The molecular formula is C20H15ClN2O4. The Morgan fingerprint density at radius 2 is 2.15 bits per heavy atom. The van der Waals surface area contributed by atoms with Gasteiger partial charge in [0.2, 0.25) is 0 Å². The Labute approximate surface area is 159 Å². The number of nitrogens with one attached hydrogen (secondary N) is 1. The Bertz CT molecular complexity index is 1150. The van der Waals surface area contributed by atoms with Gasteiger partial charge in [0.1, 0.15) is 5.75 Å². The summed E-state index contributed by atoms with van der Waals surface area (Å²) in [7, 11) is 1.30. The number of methoxy groups -OCH3 is 1. The zero-order valence-electron chi connectivity index (χ0n) is 14.4. The number of fused-ring (bicyclic) bond motifs is 2. The van der Waals surface area contributed by atoms with Crippen LogP contribution in [0, 0.1) is 0 Å². The third kappa shape index (κ3) is 3.31. The number of nitrogens with zero attached hydrogens (tertiary/aromatic N) is 1. The quantitative estimate of drug-likeness (QED) is 0.702. The fourth-order valence-electron chi connectivity index (χ4n) is 3.01. The van der Waals surface area contributed by atoms with Gasteiger partial charge in [0.25, 0.3) is 5.56 Å². The molecule has 4 rings (SSSR count). The molecule has 6 nitrogen and oxygen atoms in total. The molecular weight excluding hydrogens is 368 g/mol. The van der Waals surface area contributed by atoms with E-state index in [0.717, 1.165) is 23.3 Å². The average Bonchev–Trinajstić information content (AvgIpc) is 3.14. The molecule has 3 aromatic rings. The first-order chi connectivity index (χ1) is 13.0. The molecule has 0 bridgehead atoms. The van der Waals surface area contributed by atoms with E-state index in [1.165, 1.54) is 25.3 Å². The van der Waals surface area contributed by atoms with Gasteiger partial charge >= 0.3 is 5.97 Å². The van der Waals surface area contributed by atoms with Crippen molar-refractivity contribution in [3.8, 4) is 5.75 Å². The van der Waals surface area contributed by atoms with Gasteiger partial charge in [-0.1, -0.05) is 17.7 Å². The fourth-order valence-corrected chi connectivity index (χ4v) is 3.22. The molecule has 0 spiro atoms. The molecule has 2 aromatic carbocycles. The number of halogens is 1. The lowest BCUT2D eigenvalue weighted by Gasteiger charge is -2.05. The minimum absolute atomic E-state index is 0.230. The van der Waals surface area contributed by atoms with E-state index in [1.807, 2.05) is 18.2 Å². The van der Waals surface area contributed by atoms with Crippen molar-refractivity contribution in [2.45, 2.75) is 6.42 Å². The number of esters is 1. The van der Waals surface area contributed by atoms with E-state index in [9.17, 15) is 9.59 Å². The predicted octanol–water partition coefficient (Wildman–Crippen LogP) is 3.38. The van der Waals surface area contributed by atoms with Crippen LogP contribution >= 0.6 is 11.6 Å². The van der Waals surface area contributed by atoms with Crippen LogP contribution in [0.2, 0.25) is 0 Å². The molecule has 0 unspecified atom stereocenters. The summed E-state index contributed by atoms with van der Waals surface area (Å²) in [5, 5.41) is 0.655. The summed E-state index contributed by atoms with van der Waals surface area (Å²) >= 11 is 6.40. The molecule has 0 amide bonds. The van der Waals surface area contributed by atoms with Crippen molar-refractivity contribution in [1.29, 1.82) is 0 Å². The highest BCUT2D eigenvalue weighted by molar-refractivity contribution is 6.50. The number of ether oxygens (including phenoxy) is 2. The molecule has 2 heterocycles. The van der Waals surface area contributed by atoms with Gasteiger partial charge in [0, 0.05) is 6.42 Å². The van der Waals surface area contributed by atoms with Crippen LogP contribution in [-0.4, -0.2) is 29.7 Å². The fraction of sp³-hybridized carbons (Fsp3) is 0.150. The highest BCUT2D eigenvalue weighted by Crippen LogP contribution is 2.28. The first-order valence-corrected chi connectivity index (χ1v) is 8.68. The molecule has 0 aliphatic carbocycles. The summed E-state index contributed by atoms with van der Waals surface area (Å²) in [5.41, 5.74) is 2.35. The number of carbonyl (C=O) groups excluding carboxylic acids is 1. The normalized spacial score (nSPS) is 13.3. The molecule has 1 aromatic heterocycles. The van der Waals surface area contributed by atoms with Crippen molar-refractivity contribution < 1.29 is 14.3 Å². The Balaban J connectivity index is 1.76. The van der Waals surface area contributed by atoms with Crippen LogP contribution in [0.3, 0.4) is 0 Å². The van der Waals surface area contributed by atoms with Crippen LogP contribution in [0.5, 0.6) is 5.75 Å². The van der Waals surface area contributed by atoms with Crippen molar-refractivity contribution in [3.05, 3.63) is 69.3 Å². The first-order valence-electron chi connectivity index (χ1n) is 8.31. The zero-order chi connectivity index (χ0) is 19.0. The second kappa shape index (κ2) is 6.89. The molecule has 0 saturated carbocycles. The number of hydrogen-bond acceptors (Lipinski definition) is 5. The monoisotopic (exact) mass is 382 g/mol. The van der Waals surface area contributed by atoms with E-state index >= 15 is 0 Å². The number of aromatic nitrogens is 2. The number of hydrogen-bond donors (Lipinski definition) is 1. The molecule has 0 saturated heterocycles. The average molecular weight is 383 g/mol. The lowest BCUT2D eigenvalue weighted by molar-refractivity contribution is 0.0601.